The SMILES string of the molecule is Nc1cc(NC2CCCCCC2)cc(S(N)(=O)=O)c1. The fraction of sp³-hybridized carbons (Fsp3) is 0.538. The van der Waals surface area contributed by atoms with Gasteiger partial charge in [0.25, 0.3) is 0 Å². The van der Waals surface area contributed by atoms with Gasteiger partial charge < -0.3 is 11.1 Å². The van der Waals surface area contributed by atoms with Crippen LogP contribution in [0.1, 0.15) is 38.5 Å². The molecule has 0 heterocycles. The molecule has 0 aromatic heterocycles. The third-order valence-corrected chi connectivity index (χ3v) is 4.38. The molecule has 19 heavy (non-hydrogen) atoms. The summed E-state index contributed by atoms with van der Waals surface area (Å²) in [5.41, 5.74) is 6.87. The maximum atomic E-state index is 11.4. The van der Waals surface area contributed by atoms with E-state index in [1.807, 2.05) is 0 Å². The van der Waals surface area contributed by atoms with Gasteiger partial charge in [-0.1, -0.05) is 25.7 Å². The van der Waals surface area contributed by atoms with Crippen molar-refractivity contribution < 1.29 is 8.42 Å². The molecular formula is C13H21N3O2S. The Bertz CT molecular complexity index is 535. The summed E-state index contributed by atoms with van der Waals surface area (Å²) in [5, 5.41) is 8.52. The molecule has 0 aliphatic heterocycles. The van der Waals surface area contributed by atoms with E-state index < -0.39 is 10.0 Å². The first kappa shape index (κ1) is 14.1. The smallest absolute Gasteiger partial charge is 0.238 e. The molecule has 6 heteroatoms. The van der Waals surface area contributed by atoms with Crippen LogP contribution in [0.15, 0.2) is 23.1 Å². The molecule has 0 bridgehead atoms. The molecule has 106 valence electrons. The molecule has 0 atom stereocenters. The predicted octanol–water partition coefficient (Wildman–Crippen LogP) is 2.05. The minimum absolute atomic E-state index is 0.0589. The molecule has 1 saturated carbocycles. The summed E-state index contributed by atoms with van der Waals surface area (Å²) in [4.78, 5) is 0.0589. The van der Waals surface area contributed by atoms with Crippen LogP contribution in [-0.2, 0) is 10.0 Å². The van der Waals surface area contributed by atoms with E-state index in [-0.39, 0.29) is 4.90 Å². The van der Waals surface area contributed by atoms with Crippen molar-refractivity contribution in [1.29, 1.82) is 0 Å². The van der Waals surface area contributed by atoms with Crippen LogP contribution in [0.3, 0.4) is 0 Å². The van der Waals surface area contributed by atoms with Gasteiger partial charge in [0.1, 0.15) is 0 Å². The molecule has 1 aromatic carbocycles. The highest BCUT2D eigenvalue weighted by Crippen LogP contribution is 2.24. The Kier molecular flexibility index (Phi) is 4.31. The number of benzene rings is 1. The molecular weight excluding hydrogens is 262 g/mol. The van der Waals surface area contributed by atoms with Crippen LogP contribution < -0.4 is 16.2 Å². The molecule has 1 aromatic rings. The third-order valence-electron chi connectivity index (χ3n) is 3.48. The summed E-state index contributed by atoms with van der Waals surface area (Å²) in [6.07, 6.45) is 7.19. The molecule has 5 nitrogen and oxygen atoms in total. The van der Waals surface area contributed by atoms with Crippen LogP contribution in [0.25, 0.3) is 0 Å². The first-order chi connectivity index (χ1) is 8.95. The lowest BCUT2D eigenvalue weighted by Crippen LogP contribution is -2.19. The second kappa shape index (κ2) is 5.79. The largest absolute Gasteiger partial charge is 0.399 e. The monoisotopic (exact) mass is 283 g/mol. The van der Waals surface area contributed by atoms with E-state index in [9.17, 15) is 8.42 Å². The Labute approximate surface area is 114 Å². The van der Waals surface area contributed by atoms with Crippen LogP contribution in [-0.4, -0.2) is 14.5 Å². The fourth-order valence-corrected chi connectivity index (χ4v) is 3.12. The van der Waals surface area contributed by atoms with Crippen molar-refractivity contribution in [3.05, 3.63) is 18.2 Å². The minimum Gasteiger partial charge on any atom is -0.399 e. The lowest BCUT2D eigenvalue weighted by atomic mass is 10.1. The standard InChI is InChI=1S/C13H21N3O2S/c14-10-7-12(9-13(8-10)19(15,17)18)16-11-5-3-1-2-4-6-11/h7-9,11,16H,1-6,14H2,(H2,15,17,18). The first-order valence-electron chi connectivity index (χ1n) is 6.65. The Hall–Kier alpha value is -1.27. The van der Waals surface area contributed by atoms with Crippen molar-refractivity contribution in [2.75, 3.05) is 11.1 Å². The Balaban J connectivity index is 2.17. The number of hydrogen-bond acceptors (Lipinski definition) is 4. The zero-order chi connectivity index (χ0) is 13.9. The van der Waals surface area contributed by atoms with Crippen LogP contribution in [0.2, 0.25) is 0 Å². The van der Waals surface area contributed by atoms with E-state index in [0.717, 1.165) is 18.5 Å². The minimum atomic E-state index is -3.72. The highest BCUT2D eigenvalue weighted by Gasteiger charge is 2.14. The highest BCUT2D eigenvalue weighted by atomic mass is 32.2. The van der Waals surface area contributed by atoms with Crippen LogP contribution in [0.5, 0.6) is 0 Å². The van der Waals surface area contributed by atoms with Crippen molar-refractivity contribution in [1.82, 2.24) is 0 Å². The maximum absolute atomic E-state index is 11.4. The van der Waals surface area contributed by atoms with E-state index in [1.165, 1.54) is 31.7 Å². The number of sulfonamides is 1. The summed E-state index contributed by atoms with van der Waals surface area (Å²) in [7, 11) is -3.72. The van der Waals surface area contributed by atoms with Gasteiger partial charge in [0.15, 0.2) is 0 Å². The zero-order valence-corrected chi connectivity index (χ0v) is 11.7. The average Bonchev–Trinajstić information content (AvgIpc) is 2.55. The topological polar surface area (TPSA) is 98.2 Å². The number of anilines is 2. The second-order valence-electron chi connectivity index (χ2n) is 5.17. The Morgan fingerprint density at radius 2 is 1.68 bits per heavy atom. The molecule has 5 N–H and O–H groups in total. The van der Waals surface area contributed by atoms with E-state index in [1.54, 1.807) is 12.1 Å². The van der Waals surface area contributed by atoms with Crippen molar-refractivity contribution in [2.45, 2.75) is 49.5 Å². The summed E-state index contributed by atoms with van der Waals surface area (Å²) in [6, 6.07) is 5.07. The van der Waals surface area contributed by atoms with Gasteiger partial charge in [-0.15, -0.1) is 0 Å². The number of hydrogen-bond donors (Lipinski definition) is 3. The van der Waals surface area contributed by atoms with Gasteiger partial charge in [-0.25, -0.2) is 13.6 Å². The zero-order valence-electron chi connectivity index (χ0n) is 10.9. The quantitative estimate of drug-likeness (QED) is 0.584. The van der Waals surface area contributed by atoms with E-state index in [0.29, 0.717) is 11.7 Å². The summed E-state index contributed by atoms with van der Waals surface area (Å²) in [6.45, 7) is 0. The number of rotatable bonds is 3. The third kappa shape index (κ3) is 4.11. The Morgan fingerprint density at radius 1 is 1.05 bits per heavy atom. The summed E-state index contributed by atoms with van der Waals surface area (Å²) < 4.78 is 22.8. The molecule has 0 amide bonds. The summed E-state index contributed by atoms with van der Waals surface area (Å²) >= 11 is 0. The molecule has 0 spiro atoms. The normalized spacial score (nSPS) is 17.9. The van der Waals surface area contributed by atoms with Gasteiger partial charge in [-0.3, -0.25) is 0 Å². The highest BCUT2D eigenvalue weighted by molar-refractivity contribution is 7.89. The maximum Gasteiger partial charge on any atom is 0.238 e. The van der Waals surface area contributed by atoms with Crippen molar-refractivity contribution in [2.24, 2.45) is 5.14 Å². The predicted molar refractivity (Wildman–Crippen MR) is 77.3 cm³/mol. The summed E-state index contributed by atoms with van der Waals surface area (Å²) in [5.74, 6) is 0. The van der Waals surface area contributed by atoms with Crippen LogP contribution >= 0.6 is 0 Å². The molecule has 1 aliphatic carbocycles. The molecule has 1 fully saturated rings. The lowest BCUT2D eigenvalue weighted by Gasteiger charge is -2.18. The van der Waals surface area contributed by atoms with Crippen molar-refractivity contribution in [3.8, 4) is 0 Å². The van der Waals surface area contributed by atoms with E-state index >= 15 is 0 Å². The molecule has 0 saturated heterocycles. The van der Waals surface area contributed by atoms with Gasteiger partial charge >= 0.3 is 0 Å². The number of nitrogens with one attached hydrogen (secondary N) is 1. The molecule has 0 radical (unpaired) electrons. The molecule has 1 aliphatic rings. The second-order valence-corrected chi connectivity index (χ2v) is 6.73. The van der Waals surface area contributed by atoms with Gasteiger partial charge in [0.05, 0.1) is 4.90 Å². The number of primary sulfonamides is 1. The van der Waals surface area contributed by atoms with E-state index in [4.69, 9.17) is 10.9 Å². The lowest BCUT2D eigenvalue weighted by molar-refractivity contribution is 0.597. The van der Waals surface area contributed by atoms with Crippen LogP contribution in [0, 0.1) is 0 Å². The van der Waals surface area contributed by atoms with Gasteiger partial charge in [-0.05, 0) is 31.0 Å². The molecule has 0 unspecified atom stereocenters. The number of nitrogens with two attached hydrogens (primary N) is 2. The van der Waals surface area contributed by atoms with Gasteiger partial charge in [-0.2, -0.15) is 0 Å². The van der Waals surface area contributed by atoms with Gasteiger partial charge in [0, 0.05) is 17.4 Å². The number of nitrogen functional groups attached to an aromatic ring is 1. The van der Waals surface area contributed by atoms with Crippen molar-refractivity contribution in [3.63, 3.8) is 0 Å². The Morgan fingerprint density at radius 3 is 2.26 bits per heavy atom. The van der Waals surface area contributed by atoms with Crippen molar-refractivity contribution >= 4 is 21.4 Å². The average molecular weight is 283 g/mol. The fourth-order valence-electron chi connectivity index (χ4n) is 2.53. The first-order valence-corrected chi connectivity index (χ1v) is 8.20. The van der Waals surface area contributed by atoms with E-state index in [2.05, 4.69) is 5.32 Å². The van der Waals surface area contributed by atoms with Gasteiger partial charge in [0.2, 0.25) is 10.0 Å². The molecule has 2 rings (SSSR count). The van der Waals surface area contributed by atoms with Crippen LogP contribution in [0.4, 0.5) is 11.4 Å².